The number of hydrogen-bond donors (Lipinski definition) is 1. The third kappa shape index (κ3) is 4.54. The topological polar surface area (TPSA) is 82.9 Å². The summed E-state index contributed by atoms with van der Waals surface area (Å²) in [6.07, 6.45) is 3.65. The number of pyridine rings is 1. The van der Waals surface area contributed by atoms with E-state index in [1.54, 1.807) is 30.6 Å². The molecule has 0 bridgehead atoms. The molecule has 0 aliphatic carbocycles. The van der Waals surface area contributed by atoms with Crippen molar-refractivity contribution in [2.24, 2.45) is 0 Å². The second-order valence-electron chi connectivity index (χ2n) is 2.90. The highest BCUT2D eigenvalue weighted by atomic mass is 32.2. The molecule has 0 saturated heterocycles. The molecule has 0 atom stereocenters. The molecule has 0 amide bonds. The summed E-state index contributed by atoms with van der Waals surface area (Å²) in [5.74, 6) is -0.0152. The van der Waals surface area contributed by atoms with Crippen molar-refractivity contribution in [2.45, 2.75) is 6.42 Å². The maximum Gasteiger partial charge on any atom is 0.212 e. The lowest BCUT2D eigenvalue weighted by Crippen LogP contribution is -2.27. The standard InChI is InChI=1S/C9H11N3O2S/c10-4-7-12-15(13,14)8-3-9-1-5-11-6-2-9/h1-2,5-6,12H,3,7-8H2. The van der Waals surface area contributed by atoms with E-state index in [1.165, 1.54) is 0 Å². The predicted octanol–water partition coefficient (Wildman–Crippen LogP) is 0.0671. The van der Waals surface area contributed by atoms with Crippen molar-refractivity contribution in [1.29, 1.82) is 5.26 Å². The zero-order valence-electron chi connectivity index (χ0n) is 8.05. The van der Waals surface area contributed by atoms with Crippen LogP contribution in [0.5, 0.6) is 0 Å². The number of aromatic nitrogens is 1. The molecular weight excluding hydrogens is 214 g/mol. The zero-order chi connectivity index (χ0) is 11.1. The fourth-order valence-electron chi connectivity index (χ4n) is 1.02. The minimum Gasteiger partial charge on any atom is -0.265 e. The summed E-state index contributed by atoms with van der Waals surface area (Å²) in [6.45, 7) is -0.182. The summed E-state index contributed by atoms with van der Waals surface area (Å²) >= 11 is 0. The molecule has 0 aliphatic heterocycles. The van der Waals surface area contributed by atoms with Gasteiger partial charge < -0.3 is 0 Å². The van der Waals surface area contributed by atoms with Crippen LogP contribution in [0.3, 0.4) is 0 Å². The Labute approximate surface area is 88.8 Å². The Balaban J connectivity index is 2.47. The first kappa shape index (κ1) is 11.6. The molecule has 1 heterocycles. The first-order chi connectivity index (χ1) is 7.14. The zero-order valence-corrected chi connectivity index (χ0v) is 8.87. The first-order valence-electron chi connectivity index (χ1n) is 4.37. The molecule has 80 valence electrons. The molecule has 15 heavy (non-hydrogen) atoms. The third-order valence-corrected chi connectivity index (χ3v) is 3.11. The lowest BCUT2D eigenvalue weighted by Gasteiger charge is -2.02. The van der Waals surface area contributed by atoms with Gasteiger partial charge in [-0.25, -0.2) is 13.1 Å². The van der Waals surface area contributed by atoms with E-state index in [0.717, 1.165) is 5.56 Å². The molecule has 6 heteroatoms. The second kappa shape index (κ2) is 5.44. The smallest absolute Gasteiger partial charge is 0.212 e. The van der Waals surface area contributed by atoms with E-state index in [2.05, 4.69) is 9.71 Å². The van der Waals surface area contributed by atoms with Crippen molar-refractivity contribution in [1.82, 2.24) is 9.71 Å². The molecule has 0 aromatic carbocycles. The van der Waals surface area contributed by atoms with E-state index in [-0.39, 0.29) is 12.3 Å². The van der Waals surface area contributed by atoms with Crippen LogP contribution in [0.4, 0.5) is 0 Å². The summed E-state index contributed by atoms with van der Waals surface area (Å²) in [4.78, 5) is 3.83. The number of nitrogens with zero attached hydrogens (tertiary/aromatic N) is 2. The van der Waals surface area contributed by atoms with Crippen LogP contribution < -0.4 is 4.72 Å². The fraction of sp³-hybridized carbons (Fsp3) is 0.333. The minimum atomic E-state index is -3.33. The molecule has 0 aliphatic rings. The number of aryl methyl sites for hydroxylation is 1. The summed E-state index contributed by atoms with van der Waals surface area (Å²) in [5, 5.41) is 8.23. The van der Waals surface area contributed by atoms with Crippen LogP contribution in [0.1, 0.15) is 5.56 Å². The second-order valence-corrected chi connectivity index (χ2v) is 4.83. The van der Waals surface area contributed by atoms with Gasteiger partial charge in [0.2, 0.25) is 10.0 Å². The molecule has 5 nitrogen and oxygen atoms in total. The monoisotopic (exact) mass is 225 g/mol. The van der Waals surface area contributed by atoms with Gasteiger partial charge in [-0.15, -0.1) is 0 Å². The average molecular weight is 225 g/mol. The average Bonchev–Trinajstić information content (AvgIpc) is 2.25. The van der Waals surface area contributed by atoms with Gasteiger partial charge in [0.25, 0.3) is 0 Å². The maximum atomic E-state index is 11.3. The summed E-state index contributed by atoms with van der Waals surface area (Å²) in [5.41, 5.74) is 0.910. The quantitative estimate of drug-likeness (QED) is 0.719. The van der Waals surface area contributed by atoms with E-state index in [4.69, 9.17) is 5.26 Å². The number of nitriles is 1. The van der Waals surface area contributed by atoms with Crippen molar-refractivity contribution in [3.05, 3.63) is 30.1 Å². The van der Waals surface area contributed by atoms with Crippen LogP contribution in [0.2, 0.25) is 0 Å². The van der Waals surface area contributed by atoms with Gasteiger partial charge in [0.1, 0.15) is 0 Å². The van der Waals surface area contributed by atoms with Gasteiger partial charge in [0, 0.05) is 12.4 Å². The van der Waals surface area contributed by atoms with E-state index in [1.807, 2.05) is 0 Å². The van der Waals surface area contributed by atoms with Crippen molar-refractivity contribution in [2.75, 3.05) is 12.3 Å². The molecule has 0 fully saturated rings. The molecule has 1 rings (SSSR count). The van der Waals surface area contributed by atoms with Gasteiger partial charge >= 0.3 is 0 Å². The third-order valence-electron chi connectivity index (χ3n) is 1.78. The molecule has 0 unspecified atom stereocenters. The highest BCUT2D eigenvalue weighted by Crippen LogP contribution is 1.99. The highest BCUT2D eigenvalue weighted by Gasteiger charge is 2.08. The molecule has 1 aromatic heterocycles. The van der Waals surface area contributed by atoms with Crippen LogP contribution in [-0.4, -0.2) is 25.7 Å². The predicted molar refractivity (Wildman–Crippen MR) is 55.3 cm³/mol. The molecule has 0 radical (unpaired) electrons. The highest BCUT2D eigenvalue weighted by molar-refractivity contribution is 7.89. The van der Waals surface area contributed by atoms with E-state index in [9.17, 15) is 8.42 Å². The Hall–Kier alpha value is -1.45. The molecule has 0 spiro atoms. The number of sulfonamides is 1. The van der Waals surface area contributed by atoms with Crippen LogP contribution >= 0.6 is 0 Å². The van der Waals surface area contributed by atoms with Crippen molar-refractivity contribution >= 4 is 10.0 Å². The van der Waals surface area contributed by atoms with Crippen LogP contribution in [-0.2, 0) is 16.4 Å². The Bertz CT molecular complexity index is 436. The normalized spacial score (nSPS) is 10.9. The Morgan fingerprint density at radius 2 is 2.07 bits per heavy atom. The summed E-state index contributed by atoms with van der Waals surface area (Å²) in [6, 6.07) is 5.25. The van der Waals surface area contributed by atoms with E-state index < -0.39 is 10.0 Å². The van der Waals surface area contributed by atoms with E-state index in [0.29, 0.717) is 6.42 Å². The Kier molecular flexibility index (Phi) is 4.21. The lowest BCUT2D eigenvalue weighted by molar-refractivity contribution is 0.585. The van der Waals surface area contributed by atoms with Crippen molar-refractivity contribution < 1.29 is 8.42 Å². The number of nitrogens with one attached hydrogen (secondary N) is 1. The molecular formula is C9H11N3O2S. The van der Waals surface area contributed by atoms with Gasteiger partial charge in [-0.3, -0.25) is 4.98 Å². The van der Waals surface area contributed by atoms with Gasteiger partial charge in [0.05, 0.1) is 18.4 Å². The van der Waals surface area contributed by atoms with Gasteiger partial charge in [-0.1, -0.05) is 0 Å². The lowest BCUT2D eigenvalue weighted by atomic mass is 10.2. The van der Waals surface area contributed by atoms with Gasteiger partial charge in [-0.2, -0.15) is 5.26 Å². The minimum absolute atomic E-state index is 0.0152. The van der Waals surface area contributed by atoms with Crippen molar-refractivity contribution in [3.63, 3.8) is 0 Å². The molecule has 1 aromatic rings. The summed E-state index contributed by atoms with van der Waals surface area (Å²) < 4.78 is 24.7. The van der Waals surface area contributed by atoms with Gasteiger partial charge in [-0.05, 0) is 24.1 Å². The van der Waals surface area contributed by atoms with Crippen LogP contribution in [0, 0.1) is 11.3 Å². The fourth-order valence-corrected chi connectivity index (χ4v) is 1.95. The van der Waals surface area contributed by atoms with Crippen LogP contribution in [0.15, 0.2) is 24.5 Å². The largest absolute Gasteiger partial charge is 0.265 e. The number of rotatable bonds is 5. The van der Waals surface area contributed by atoms with Gasteiger partial charge in [0.15, 0.2) is 0 Å². The summed E-state index contributed by atoms with van der Waals surface area (Å²) in [7, 11) is -3.33. The number of hydrogen-bond acceptors (Lipinski definition) is 4. The Morgan fingerprint density at radius 1 is 1.40 bits per heavy atom. The van der Waals surface area contributed by atoms with E-state index >= 15 is 0 Å². The molecule has 0 saturated carbocycles. The molecule has 1 N–H and O–H groups in total. The van der Waals surface area contributed by atoms with Crippen LogP contribution in [0.25, 0.3) is 0 Å². The maximum absolute atomic E-state index is 11.3. The van der Waals surface area contributed by atoms with Crippen molar-refractivity contribution in [3.8, 4) is 6.07 Å². The Morgan fingerprint density at radius 3 is 2.67 bits per heavy atom. The SMILES string of the molecule is N#CCNS(=O)(=O)CCc1ccncc1. The first-order valence-corrected chi connectivity index (χ1v) is 6.02.